The Hall–Kier alpha value is -1.65. The highest BCUT2D eigenvalue weighted by Gasteiger charge is 2.63. The van der Waals surface area contributed by atoms with Gasteiger partial charge in [-0.25, -0.2) is 0 Å². The van der Waals surface area contributed by atoms with Gasteiger partial charge in [0.1, 0.15) is 11.6 Å². The molecule has 1 unspecified atom stereocenters. The Bertz CT molecular complexity index is 1010. The van der Waals surface area contributed by atoms with Gasteiger partial charge in [-0.1, -0.05) is 55.8 Å². The lowest BCUT2D eigenvalue weighted by Crippen LogP contribution is -2.62. The molecular weight excluding hydrogens is 434 g/mol. The first-order valence-corrected chi connectivity index (χ1v) is 14.1. The van der Waals surface area contributed by atoms with Gasteiger partial charge in [-0.3, -0.25) is 4.79 Å². The maximum atomic E-state index is 13.2. The first kappa shape index (κ1) is 23.7. The number of carbonyl (C=O) groups is 1. The van der Waals surface area contributed by atoms with Crippen LogP contribution in [-0.2, 0) is 16.0 Å². The molecule has 0 spiro atoms. The highest BCUT2D eigenvalue weighted by molar-refractivity contribution is 5.77. The van der Waals surface area contributed by atoms with Gasteiger partial charge in [0.2, 0.25) is 0 Å². The fraction of sp³-hybridized carbons (Fsp3) is 0.710. The monoisotopic (exact) mass is 477 g/mol. The second-order valence-corrected chi connectivity index (χ2v) is 13.2. The van der Waals surface area contributed by atoms with Gasteiger partial charge in [0.15, 0.2) is 0 Å². The van der Waals surface area contributed by atoms with E-state index in [9.17, 15) is 9.90 Å². The Morgan fingerprint density at radius 1 is 1.03 bits per heavy atom. The van der Waals surface area contributed by atoms with Crippen molar-refractivity contribution in [2.45, 2.75) is 96.3 Å². The summed E-state index contributed by atoms with van der Waals surface area (Å²) >= 11 is 0. The molecule has 35 heavy (non-hydrogen) atoms. The Labute approximate surface area is 210 Å². The zero-order valence-corrected chi connectivity index (χ0v) is 21.8. The number of carbonyl (C=O) groups excluding carboxylic acids is 1. The van der Waals surface area contributed by atoms with Crippen molar-refractivity contribution in [3.05, 3.63) is 47.5 Å². The van der Waals surface area contributed by atoms with E-state index in [1.807, 2.05) is 18.2 Å². The van der Waals surface area contributed by atoms with Gasteiger partial charge in [0.05, 0.1) is 6.10 Å². The minimum atomic E-state index is -0.435. The maximum absolute atomic E-state index is 13.2. The summed E-state index contributed by atoms with van der Waals surface area (Å²) in [6, 6.07) is 9.99. The molecule has 1 aromatic rings. The number of allylic oxidation sites excluding steroid dienone is 1. The van der Waals surface area contributed by atoms with Crippen LogP contribution in [0.5, 0.6) is 0 Å². The van der Waals surface area contributed by atoms with Crippen molar-refractivity contribution in [1.82, 2.24) is 5.32 Å². The minimum Gasteiger partial charge on any atom is -0.457 e. The predicted octanol–water partition coefficient (Wildman–Crippen LogP) is 5.44. The number of ether oxygens (including phenoxy) is 1. The summed E-state index contributed by atoms with van der Waals surface area (Å²) in [4.78, 5) is 13.2. The second-order valence-electron chi connectivity index (χ2n) is 13.2. The Balaban J connectivity index is 1.19. The van der Waals surface area contributed by atoms with E-state index in [0.717, 1.165) is 44.1 Å². The van der Waals surface area contributed by atoms with Crippen LogP contribution in [0.2, 0.25) is 0 Å². The van der Waals surface area contributed by atoms with E-state index in [0.29, 0.717) is 18.3 Å². The topological polar surface area (TPSA) is 58.6 Å². The molecule has 4 heteroatoms. The zero-order chi connectivity index (χ0) is 24.4. The van der Waals surface area contributed by atoms with E-state index in [2.05, 4.69) is 44.3 Å². The summed E-state index contributed by atoms with van der Waals surface area (Å²) < 4.78 is 6.37. The molecule has 1 aliphatic heterocycles. The van der Waals surface area contributed by atoms with Crippen LogP contribution in [0.3, 0.4) is 0 Å². The van der Waals surface area contributed by atoms with Crippen LogP contribution in [0.25, 0.3) is 0 Å². The molecule has 5 aliphatic rings. The normalized spacial score (nSPS) is 47.2. The van der Waals surface area contributed by atoms with Crippen molar-refractivity contribution in [2.24, 2.45) is 34.5 Å². The lowest BCUT2D eigenvalue weighted by molar-refractivity contribution is -0.184. The molecule has 0 radical (unpaired) electrons. The van der Waals surface area contributed by atoms with E-state index in [1.54, 1.807) is 0 Å². The van der Waals surface area contributed by atoms with Gasteiger partial charge in [-0.05, 0) is 98.9 Å². The SMILES string of the molecule is C[C@]12CC[C@@H](O)CC1=CC[C@@H]1[C@H]2CC[C@]2(C)C([C@]3(C)CN[C@@H](Cc4ccccc4)C(=O)O3)CC[C@@H]12. The van der Waals surface area contributed by atoms with Gasteiger partial charge in [0.25, 0.3) is 0 Å². The zero-order valence-electron chi connectivity index (χ0n) is 21.8. The van der Waals surface area contributed by atoms with Crippen LogP contribution < -0.4 is 5.32 Å². The van der Waals surface area contributed by atoms with Gasteiger partial charge in [-0.2, -0.15) is 0 Å². The summed E-state index contributed by atoms with van der Waals surface area (Å²) in [7, 11) is 0. The third-order valence-corrected chi connectivity index (χ3v) is 11.4. The molecule has 4 fully saturated rings. The number of nitrogens with one attached hydrogen (secondary N) is 1. The van der Waals surface area contributed by atoms with Crippen molar-refractivity contribution >= 4 is 5.97 Å². The molecule has 3 saturated carbocycles. The molecule has 4 aliphatic carbocycles. The van der Waals surface area contributed by atoms with E-state index in [4.69, 9.17) is 4.74 Å². The second kappa shape index (κ2) is 8.45. The summed E-state index contributed by atoms with van der Waals surface area (Å²) in [6.07, 6.45) is 12.1. The number of cyclic esters (lactones) is 1. The third-order valence-electron chi connectivity index (χ3n) is 11.4. The van der Waals surface area contributed by atoms with Crippen LogP contribution in [-0.4, -0.2) is 35.4 Å². The van der Waals surface area contributed by atoms with E-state index in [1.165, 1.54) is 36.8 Å². The summed E-state index contributed by atoms with van der Waals surface area (Å²) in [6.45, 7) is 7.96. The van der Waals surface area contributed by atoms with Crippen LogP contribution in [0, 0.1) is 34.5 Å². The number of hydrogen-bond acceptors (Lipinski definition) is 4. The molecule has 2 N–H and O–H groups in total. The molecule has 0 aromatic heterocycles. The minimum absolute atomic E-state index is 0.0816. The fourth-order valence-electron chi connectivity index (χ4n) is 9.59. The molecule has 1 aromatic carbocycles. The first-order valence-electron chi connectivity index (χ1n) is 14.1. The number of fused-ring (bicyclic) bond motifs is 5. The molecule has 1 saturated heterocycles. The highest BCUT2D eigenvalue weighted by atomic mass is 16.6. The number of rotatable bonds is 3. The number of esters is 1. The third kappa shape index (κ3) is 3.73. The molecule has 1 heterocycles. The number of aliphatic hydroxyl groups excluding tert-OH is 1. The van der Waals surface area contributed by atoms with Crippen molar-refractivity contribution in [2.75, 3.05) is 6.54 Å². The molecule has 4 nitrogen and oxygen atoms in total. The van der Waals surface area contributed by atoms with Crippen molar-refractivity contribution in [3.63, 3.8) is 0 Å². The van der Waals surface area contributed by atoms with Crippen LogP contribution >= 0.6 is 0 Å². The average molecular weight is 478 g/mol. The Kier molecular flexibility index (Phi) is 5.73. The number of benzene rings is 1. The number of hydrogen-bond donors (Lipinski definition) is 2. The number of morpholine rings is 1. The quantitative estimate of drug-likeness (QED) is 0.449. The van der Waals surface area contributed by atoms with E-state index >= 15 is 0 Å². The molecule has 0 amide bonds. The largest absolute Gasteiger partial charge is 0.457 e. The van der Waals surface area contributed by atoms with Crippen molar-refractivity contribution in [3.8, 4) is 0 Å². The summed E-state index contributed by atoms with van der Waals surface area (Å²) in [5.41, 5.74) is 2.77. The lowest BCUT2D eigenvalue weighted by atomic mass is 9.46. The molecule has 6 rings (SSSR count). The predicted molar refractivity (Wildman–Crippen MR) is 138 cm³/mol. The molecule has 190 valence electrons. The fourth-order valence-corrected chi connectivity index (χ4v) is 9.59. The van der Waals surface area contributed by atoms with E-state index in [-0.39, 0.29) is 28.9 Å². The standard InChI is InChI=1S/C31H43NO3/c1-29-15-13-22(33)18-21(29)9-10-23-24-11-12-27(30(24,2)16-14-25(23)29)31(3)19-32-26(28(34)35-31)17-20-7-5-4-6-8-20/h4-9,22-27,32-33H,10-19H2,1-3H3/t22-,23+,24+,25-,26+,27?,29+,30+,31+/m1/s1. The highest BCUT2D eigenvalue weighted by Crippen LogP contribution is 2.67. The van der Waals surface area contributed by atoms with Crippen LogP contribution in [0.4, 0.5) is 0 Å². The van der Waals surface area contributed by atoms with Gasteiger partial charge in [-0.15, -0.1) is 0 Å². The van der Waals surface area contributed by atoms with Crippen LogP contribution in [0.15, 0.2) is 42.0 Å². The maximum Gasteiger partial charge on any atom is 0.324 e. The smallest absolute Gasteiger partial charge is 0.324 e. The number of aliphatic hydroxyl groups is 1. The van der Waals surface area contributed by atoms with Gasteiger partial charge in [0, 0.05) is 12.5 Å². The summed E-state index contributed by atoms with van der Waals surface area (Å²) in [5.74, 6) is 2.49. The van der Waals surface area contributed by atoms with E-state index < -0.39 is 5.60 Å². The van der Waals surface area contributed by atoms with Crippen LogP contribution in [0.1, 0.15) is 77.7 Å². The van der Waals surface area contributed by atoms with Crippen molar-refractivity contribution in [1.29, 1.82) is 0 Å². The Morgan fingerprint density at radius 3 is 2.60 bits per heavy atom. The van der Waals surface area contributed by atoms with Gasteiger partial charge < -0.3 is 15.2 Å². The molecule has 0 bridgehead atoms. The lowest BCUT2D eigenvalue weighted by Gasteiger charge is -2.59. The first-order chi connectivity index (χ1) is 16.7. The molecule has 9 atom stereocenters. The Morgan fingerprint density at radius 2 is 1.83 bits per heavy atom. The van der Waals surface area contributed by atoms with Crippen molar-refractivity contribution < 1.29 is 14.6 Å². The van der Waals surface area contributed by atoms with Gasteiger partial charge >= 0.3 is 5.97 Å². The summed E-state index contributed by atoms with van der Waals surface area (Å²) in [5, 5.41) is 13.9. The molecular formula is C31H43NO3. The average Bonchev–Trinajstić information content (AvgIpc) is 3.20.